The molecule has 0 bridgehead atoms. The molecule has 0 saturated carbocycles. The molecule has 2 aromatic rings. The van der Waals surface area contributed by atoms with Crippen molar-refractivity contribution in [1.82, 2.24) is 10.3 Å². The van der Waals surface area contributed by atoms with Gasteiger partial charge in [0.1, 0.15) is 5.78 Å². The van der Waals surface area contributed by atoms with Crippen LogP contribution in [0, 0.1) is 13.8 Å². The highest BCUT2D eigenvalue weighted by Crippen LogP contribution is 2.51. The van der Waals surface area contributed by atoms with Crippen LogP contribution in [0.5, 0.6) is 0 Å². The van der Waals surface area contributed by atoms with E-state index in [2.05, 4.69) is 10.3 Å². The van der Waals surface area contributed by atoms with Crippen LogP contribution in [-0.4, -0.2) is 21.3 Å². The normalized spacial score (nSPS) is 13.6. The SMILES string of the molecule is Cc1csc(CCN[C@@H](c2ccc(C)s2)P(=O)(O)O)n1. The van der Waals surface area contributed by atoms with Gasteiger partial charge in [-0.1, -0.05) is 0 Å². The number of rotatable bonds is 6. The van der Waals surface area contributed by atoms with Crippen molar-refractivity contribution < 1.29 is 14.4 Å². The van der Waals surface area contributed by atoms with Gasteiger partial charge in [0.05, 0.1) is 5.01 Å². The van der Waals surface area contributed by atoms with E-state index in [4.69, 9.17) is 0 Å². The summed E-state index contributed by atoms with van der Waals surface area (Å²) in [6.07, 6.45) is 0.666. The summed E-state index contributed by atoms with van der Waals surface area (Å²) < 4.78 is 11.6. The fourth-order valence-corrected chi connectivity index (χ4v) is 4.79. The molecule has 0 spiro atoms. The summed E-state index contributed by atoms with van der Waals surface area (Å²) in [4.78, 5) is 25.0. The predicted molar refractivity (Wildman–Crippen MR) is 82.4 cm³/mol. The molecule has 2 heterocycles. The van der Waals surface area contributed by atoms with Crippen LogP contribution in [0.3, 0.4) is 0 Å². The van der Waals surface area contributed by atoms with Gasteiger partial charge in [-0.3, -0.25) is 9.88 Å². The zero-order valence-corrected chi connectivity index (χ0v) is 13.8. The largest absolute Gasteiger partial charge is 0.347 e. The monoisotopic (exact) mass is 332 g/mol. The van der Waals surface area contributed by atoms with Crippen molar-refractivity contribution >= 4 is 30.3 Å². The number of thiazole rings is 1. The Hall–Kier alpha value is -0.560. The lowest BCUT2D eigenvalue weighted by Gasteiger charge is -2.18. The molecule has 8 heteroatoms. The van der Waals surface area contributed by atoms with E-state index in [1.165, 1.54) is 11.3 Å². The van der Waals surface area contributed by atoms with Crippen molar-refractivity contribution in [1.29, 1.82) is 0 Å². The molecule has 0 aliphatic heterocycles. The molecule has 0 fully saturated rings. The molecule has 2 aromatic heterocycles. The summed E-state index contributed by atoms with van der Waals surface area (Å²) in [5.41, 5.74) is 0.977. The third-order valence-corrected chi connectivity index (χ3v) is 6.11. The Morgan fingerprint density at radius 2 is 2.15 bits per heavy atom. The summed E-state index contributed by atoms with van der Waals surface area (Å²) in [7, 11) is -4.22. The van der Waals surface area contributed by atoms with Crippen LogP contribution >= 0.6 is 30.3 Å². The van der Waals surface area contributed by atoms with Crippen LogP contribution in [-0.2, 0) is 11.0 Å². The van der Waals surface area contributed by atoms with Crippen molar-refractivity contribution in [3.8, 4) is 0 Å². The Bertz CT molecular complexity index is 620. The molecule has 0 amide bonds. The van der Waals surface area contributed by atoms with E-state index in [0.717, 1.165) is 15.6 Å². The zero-order valence-electron chi connectivity index (χ0n) is 11.2. The van der Waals surface area contributed by atoms with E-state index < -0.39 is 13.4 Å². The molecular weight excluding hydrogens is 315 g/mol. The fraction of sp³-hybridized carbons (Fsp3) is 0.417. The standard InChI is InChI=1S/C12H17N2O3PS2/c1-8-7-19-11(14-8)5-6-13-12(18(15,16)17)10-4-3-9(2)20-10/h3-4,7,12-13H,5-6H2,1-2H3,(H2,15,16,17)/t12-/m1/s1. The van der Waals surface area contributed by atoms with Crippen LogP contribution in [0.4, 0.5) is 0 Å². The Morgan fingerprint density at radius 1 is 1.40 bits per heavy atom. The minimum atomic E-state index is -4.22. The van der Waals surface area contributed by atoms with Crippen molar-refractivity contribution in [3.05, 3.63) is 38.0 Å². The maximum absolute atomic E-state index is 11.6. The average molecular weight is 332 g/mol. The number of aromatic nitrogens is 1. The minimum absolute atomic E-state index is 0.486. The molecule has 20 heavy (non-hydrogen) atoms. The first kappa shape index (κ1) is 15.8. The van der Waals surface area contributed by atoms with E-state index >= 15 is 0 Å². The van der Waals surface area contributed by atoms with E-state index in [-0.39, 0.29) is 0 Å². The summed E-state index contributed by atoms with van der Waals surface area (Å²) in [5.74, 6) is -0.928. The Kier molecular flexibility index (Phi) is 5.12. The van der Waals surface area contributed by atoms with Gasteiger partial charge >= 0.3 is 7.60 Å². The number of thiophene rings is 1. The number of aryl methyl sites for hydroxylation is 2. The molecular formula is C12H17N2O3PS2. The predicted octanol–water partition coefficient (Wildman–Crippen LogP) is 2.83. The highest BCUT2D eigenvalue weighted by molar-refractivity contribution is 7.52. The maximum Gasteiger partial charge on any atom is 0.347 e. The van der Waals surface area contributed by atoms with Crippen LogP contribution in [0.15, 0.2) is 17.5 Å². The summed E-state index contributed by atoms with van der Waals surface area (Å²) in [5, 5.41) is 5.91. The molecule has 0 unspecified atom stereocenters. The molecule has 0 radical (unpaired) electrons. The summed E-state index contributed by atoms with van der Waals surface area (Å²) in [6.45, 7) is 4.34. The van der Waals surface area contributed by atoms with Gasteiger partial charge in [-0.15, -0.1) is 22.7 Å². The first-order valence-corrected chi connectivity index (χ1v) is 9.50. The van der Waals surface area contributed by atoms with Crippen molar-refractivity contribution in [2.75, 3.05) is 6.54 Å². The number of nitrogens with zero attached hydrogens (tertiary/aromatic N) is 1. The highest BCUT2D eigenvalue weighted by atomic mass is 32.1. The zero-order chi connectivity index (χ0) is 14.8. The van der Waals surface area contributed by atoms with Crippen LogP contribution in [0.1, 0.15) is 26.2 Å². The van der Waals surface area contributed by atoms with Crippen LogP contribution in [0.25, 0.3) is 0 Å². The molecule has 2 rings (SSSR count). The second-order valence-corrected chi connectivity index (χ2v) is 8.48. The second kappa shape index (κ2) is 6.47. The molecule has 110 valence electrons. The smallest absolute Gasteiger partial charge is 0.323 e. The molecule has 0 aliphatic rings. The van der Waals surface area contributed by atoms with Gasteiger partial charge in [0.15, 0.2) is 0 Å². The third-order valence-electron chi connectivity index (χ3n) is 2.71. The molecule has 0 aromatic carbocycles. The Labute approximate surface area is 125 Å². The van der Waals surface area contributed by atoms with Gasteiger partial charge in [0, 0.05) is 33.8 Å². The van der Waals surface area contributed by atoms with Gasteiger partial charge in [0.25, 0.3) is 0 Å². The molecule has 3 N–H and O–H groups in total. The first-order chi connectivity index (χ1) is 9.36. The quantitative estimate of drug-likeness (QED) is 0.709. The number of hydrogen-bond donors (Lipinski definition) is 3. The summed E-state index contributed by atoms with van der Waals surface area (Å²) in [6, 6.07) is 3.64. The van der Waals surface area contributed by atoms with Gasteiger partial charge < -0.3 is 9.79 Å². The van der Waals surface area contributed by atoms with E-state index in [1.807, 2.05) is 25.3 Å². The van der Waals surface area contributed by atoms with E-state index in [0.29, 0.717) is 17.8 Å². The van der Waals surface area contributed by atoms with Gasteiger partial charge in [0.2, 0.25) is 0 Å². The maximum atomic E-state index is 11.6. The first-order valence-electron chi connectivity index (χ1n) is 6.12. The third kappa shape index (κ3) is 4.22. The van der Waals surface area contributed by atoms with Crippen LogP contribution in [0.2, 0.25) is 0 Å². The van der Waals surface area contributed by atoms with Gasteiger partial charge in [-0.2, -0.15) is 0 Å². The molecule has 0 aliphatic carbocycles. The lowest BCUT2D eigenvalue weighted by molar-refractivity contribution is 0.349. The minimum Gasteiger partial charge on any atom is -0.323 e. The number of hydrogen-bond acceptors (Lipinski definition) is 5. The lowest BCUT2D eigenvalue weighted by Crippen LogP contribution is -2.23. The second-order valence-electron chi connectivity index (χ2n) is 4.53. The van der Waals surface area contributed by atoms with E-state index in [1.54, 1.807) is 17.4 Å². The topological polar surface area (TPSA) is 82.5 Å². The van der Waals surface area contributed by atoms with Gasteiger partial charge in [-0.25, -0.2) is 4.98 Å². The van der Waals surface area contributed by atoms with E-state index in [9.17, 15) is 14.4 Å². The van der Waals surface area contributed by atoms with Gasteiger partial charge in [-0.05, 0) is 26.0 Å². The van der Waals surface area contributed by atoms with Crippen molar-refractivity contribution in [3.63, 3.8) is 0 Å². The average Bonchev–Trinajstić information content (AvgIpc) is 2.92. The fourth-order valence-electron chi connectivity index (χ4n) is 1.82. The molecule has 0 saturated heterocycles. The summed E-state index contributed by atoms with van der Waals surface area (Å²) >= 11 is 2.97. The molecule has 1 atom stereocenters. The Balaban J connectivity index is 2.00. The Morgan fingerprint density at radius 3 is 2.65 bits per heavy atom. The molecule has 5 nitrogen and oxygen atoms in total. The van der Waals surface area contributed by atoms with Crippen molar-refractivity contribution in [2.45, 2.75) is 26.1 Å². The van der Waals surface area contributed by atoms with Crippen molar-refractivity contribution in [2.24, 2.45) is 0 Å². The highest BCUT2D eigenvalue weighted by Gasteiger charge is 2.31. The lowest BCUT2D eigenvalue weighted by atomic mass is 10.4. The number of nitrogens with one attached hydrogen (secondary N) is 1. The van der Waals surface area contributed by atoms with Crippen LogP contribution < -0.4 is 5.32 Å².